The summed E-state index contributed by atoms with van der Waals surface area (Å²) in [6, 6.07) is 7.77. The van der Waals surface area contributed by atoms with Gasteiger partial charge in [-0.2, -0.15) is 10.2 Å². The fourth-order valence-electron chi connectivity index (χ4n) is 3.44. The average molecular weight is 403 g/mol. The molecule has 0 radical (unpaired) electrons. The Hall–Kier alpha value is -3.85. The molecule has 150 valence electrons. The quantitative estimate of drug-likeness (QED) is 0.427. The van der Waals surface area contributed by atoms with Crippen molar-refractivity contribution >= 4 is 11.0 Å². The summed E-state index contributed by atoms with van der Waals surface area (Å²) >= 11 is 0. The van der Waals surface area contributed by atoms with Crippen molar-refractivity contribution in [3.8, 4) is 22.5 Å². The molecular weight excluding hydrogens is 385 g/mol. The molecule has 0 aliphatic heterocycles. The Morgan fingerprint density at radius 3 is 2.80 bits per heavy atom. The number of aliphatic hydroxyl groups is 1. The van der Waals surface area contributed by atoms with Gasteiger partial charge in [-0.25, -0.2) is 14.4 Å². The molecule has 8 nitrogen and oxygen atoms in total. The predicted molar refractivity (Wildman–Crippen MR) is 109 cm³/mol. The first kappa shape index (κ1) is 18.2. The van der Waals surface area contributed by atoms with Crippen molar-refractivity contribution in [1.82, 2.24) is 34.9 Å². The fourth-order valence-corrected chi connectivity index (χ4v) is 3.44. The molecule has 0 amide bonds. The minimum Gasteiger partial charge on any atom is -0.377 e. The van der Waals surface area contributed by atoms with Gasteiger partial charge in [0.05, 0.1) is 6.20 Å². The van der Waals surface area contributed by atoms with Gasteiger partial charge in [0, 0.05) is 47.7 Å². The number of nitrogens with one attached hydrogen (secondary N) is 2. The number of fused-ring (bicyclic) bond motifs is 1. The first-order chi connectivity index (χ1) is 14.4. The first-order valence-corrected chi connectivity index (χ1v) is 9.29. The van der Waals surface area contributed by atoms with E-state index in [1.165, 1.54) is 12.1 Å². The summed E-state index contributed by atoms with van der Waals surface area (Å²) < 4.78 is 15.4. The molecule has 9 heteroatoms. The minimum atomic E-state index is -1.53. The van der Waals surface area contributed by atoms with E-state index in [4.69, 9.17) is 0 Å². The minimum absolute atomic E-state index is 0.217. The number of nitrogens with zero attached hydrogens (tertiary/aromatic N) is 5. The smallest absolute Gasteiger partial charge is 0.183 e. The Labute approximate surface area is 170 Å². The van der Waals surface area contributed by atoms with Crippen molar-refractivity contribution in [1.29, 1.82) is 0 Å². The molecule has 1 unspecified atom stereocenters. The number of benzene rings is 1. The normalized spacial score (nSPS) is 13.6. The Morgan fingerprint density at radius 1 is 1.17 bits per heavy atom. The lowest BCUT2D eigenvalue weighted by molar-refractivity contribution is 0.0923. The number of aromatic amines is 2. The SMILES string of the molecule is Cn1cc(-c2cnc3[nH]cc(-c4n[nH]c(C(C)(O)c5cccc(F)c5)n4)c3c2)cn1. The molecule has 0 saturated carbocycles. The maximum Gasteiger partial charge on any atom is 0.183 e. The number of halogens is 1. The van der Waals surface area contributed by atoms with Gasteiger partial charge in [0.25, 0.3) is 0 Å². The van der Waals surface area contributed by atoms with Gasteiger partial charge in [-0.05, 0) is 30.7 Å². The summed E-state index contributed by atoms with van der Waals surface area (Å²) in [6.45, 7) is 1.54. The zero-order chi connectivity index (χ0) is 20.9. The topological polar surface area (TPSA) is 108 Å². The fraction of sp³-hybridized carbons (Fsp3) is 0.143. The third-order valence-electron chi connectivity index (χ3n) is 5.14. The van der Waals surface area contributed by atoms with Crippen molar-refractivity contribution in [3.63, 3.8) is 0 Å². The number of H-pyrrole nitrogens is 2. The van der Waals surface area contributed by atoms with Crippen LogP contribution in [0, 0.1) is 5.82 Å². The highest BCUT2D eigenvalue weighted by atomic mass is 19.1. The molecule has 0 fully saturated rings. The van der Waals surface area contributed by atoms with Crippen LogP contribution in [-0.4, -0.2) is 40.0 Å². The van der Waals surface area contributed by atoms with Crippen LogP contribution >= 0.6 is 0 Å². The molecule has 4 heterocycles. The van der Waals surface area contributed by atoms with Gasteiger partial charge in [0.15, 0.2) is 11.6 Å². The van der Waals surface area contributed by atoms with Gasteiger partial charge in [-0.15, -0.1) is 0 Å². The van der Waals surface area contributed by atoms with Gasteiger partial charge < -0.3 is 10.1 Å². The van der Waals surface area contributed by atoms with E-state index in [0.717, 1.165) is 22.1 Å². The molecule has 0 spiro atoms. The number of hydrogen-bond donors (Lipinski definition) is 3. The number of hydrogen-bond acceptors (Lipinski definition) is 5. The maximum absolute atomic E-state index is 13.6. The van der Waals surface area contributed by atoms with E-state index in [2.05, 4.69) is 30.2 Å². The third-order valence-corrected chi connectivity index (χ3v) is 5.14. The largest absolute Gasteiger partial charge is 0.377 e. The third kappa shape index (κ3) is 2.96. The summed E-state index contributed by atoms with van der Waals surface area (Å²) in [5.41, 5.74) is 2.15. The predicted octanol–water partition coefficient (Wildman–Crippen LogP) is 3.14. The molecule has 3 N–H and O–H groups in total. The van der Waals surface area contributed by atoms with Crippen molar-refractivity contribution in [2.24, 2.45) is 7.05 Å². The van der Waals surface area contributed by atoms with E-state index in [9.17, 15) is 9.50 Å². The summed E-state index contributed by atoms with van der Waals surface area (Å²) in [5, 5.41) is 23.1. The van der Waals surface area contributed by atoms with Crippen molar-refractivity contribution in [2.45, 2.75) is 12.5 Å². The van der Waals surface area contributed by atoms with Crippen LogP contribution in [0.3, 0.4) is 0 Å². The number of aryl methyl sites for hydroxylation is 1. The summed E-state index contributed by atoms with van der Waals surface area (Å²) in [4.78, 5) is 12.1. The van der Waals surface area contributed by atoms with Crippen LogP contribution in [0.2, 0.25) is 0 Å². The molecule has 5 rings (SSSR count). The van der Waals surface area contributed by atoms with Gasteiger partial charge in [-0.3, -0.25) is 9.78 Å². The zero-order valence-electron chi connectivity index (χ0n) is 16.3. The van der Waals surface area contributed by atoms with E-state index >= 15 is 0 Å². The van der Waals surface area contributed by atoms with E-state index in [-0.39, 0.29) is 5.82 Å². The van der Waals surface area contributed by atoms with Crippen LogP contribution in [0.4, 0.5) is 4.39 Å². The lowest BCUT2D eigenvalue weighted by Gasteiger charge is -2.20. The van der Waals surface area contributed by atoms with E-state index < -0.39 is 11.4 Å². The van der Waals surface area contributed by atoms with Crippen LogP contribution in [0.5, 0.6) is 0 Å². The maximum atomic E-state index is 13.6. The zero-order valence-corrected chi connectivity index (χ0v) is 16.3. The summed E-state index contributed by atoms with van der Waals surface area (Å²) in [7, 11) is 1.86. The Kier molecular flexibility index (Phi) is 4.00. The standard InChI is InChI=1S/C21H18FN7O/c1-21(30,14-4-3-5-15(22)7-14)20-26-19(27-28-20)17-10-24-18-16(17)6-12(8-23-18)13-9-25-29(2)11-13/h3-11,30H,1-2H3,(H,23,24)(H,26,27,28). The first-order valence-electron chi connectivity index (χ1n) is 9.29. The molecule has 5 aromatic rings. The molecule has 0 aliphatic rings. The second-order valence-electron chi connectivity index (χ2n) is 7.32. The van der Waals surface area contributed by atoms with Crippen LogP contribution in [0.25, 0.3) is 33.5 Å². The van der Waals surface area contributed by atoms with Crippen molar-refractivity contribution in [2.75, 3.05) is 0 Å². The van der Waals surface area contributed by atoms with Crippen LogP contribution in [0.1, 0.15) is 18.3 Å². The number of pyridine rings is 1. The van der Waals surface area contributed by atoms with Crippen LogP contribution < -0.4 is 0 Å². The highest BCUT2D eigenvalue weighted by molar-refractivity contribution is 5.94. The number of rotatable bonds is 4. The number of aromatic nitrogens is 7. The van der Waals surface area contributed by atoms with Crippen molar-refractivity contribution < 1.29 is 9.50 Å². The lowest BCUT2D eigenvalue weighted by atomic mass is 9.95. The second kappa shape index (κ2) is 6.60. The van der Waals surface area contributed by atoms with Gasteiger partial charge in [0.2, 0.25) is 0 Å². The Bertz CT molecular complexity index is 1360. The second-order valence-corrected chi connectivity index (χ2v) is 7.32. The molecule has 4 aromatic heterocycles. The molecule has 30 heavy (non-hydrogen) atoms. The molecular formula is C21H18FN7O. The van der Waals surface area contributed by atoms with E-state index in [0.29, 0.717) is 17.0 Å². The molecule has 0 aliphatic carbocycles. The summed E-state index contributed by atoms with van der Waals surface area (Å²) in [5.74, 6) is 0.185. The van der Waals surface area contributed by atoms with E-state index in [1.807, 2.05) is 19.3 Å². The molecule has 0 saturated heterocycles. The highest BCUT2D eigenvalue weighted by Gasteiger charge is 2.30. The molecule has 1 aromatic carbocycles. The monoisotopic (exact) mass is 403 g/mol. The van der Waals surface area contributed by atoms with E-state index in [1.54, 1.807) is 42.3 Å². The van der Waals surface area contributed by atoms with Gasteiger partial charge in [0.1, 0.15) is 17.1 Å². The van der Waals surface area contributed by atoms with Crippen LogP contribution in [0.15, 0.2) is 55.1 Å². The lowest BCUT2D eigenvalue weighted by Crippen LogP contribution is -2.24. The summed E-state index contributed by atoms with van der Waals surface area (Å²) in [6.07, 6.45) is 7.23. The highest BCUT2D eigenvalue weighted by Crippen LogP contribution is 2.32. The average Bonchev–Trinajstić information content (AvgIpc) is 3.46. The van der Waals surface area contributed by atoms with Gasteiger partial charge >= 0.3 is 0 Å². The van der Waals surface area contributed by atoms with Crippen LogP contribution in [-0.2, 0) is 12.6 Å². The Morgan fingerprint density at radius 2 is 2.03 bits per heavy atom. The molecule has 1 atom stereocenters. The Balaban J connectivity index is 1.56. The van der Waals surface area contributed by atoms with Gasteiger partial charge in [-0.1, -0.05) is 12.1 Å². The van der Waals surface area contributed by atoms with Crippen molar-refractivity contribution in [3.05, 3.63) is 72.3 Å². The molecule has 0 bridgehead atoms.